The SMILES string of the molecule is CCNC(=NCc1ccc(NC(=O)OC)cc1)NCCc1c[nH]c2ccccc12. The predicted molar refractivity (Wildman–Crippen MR) is 117 cm³/mol. The molecular weight excluding hydrogens is 366 g/mol. The first kappa shape index (κ1) is 20.3. The number of anilines is 1. The third kappa shape index (κ3) is 5.75. The second-order valence-corrected chi connectivity index (χ2v) is 6.54. The predicted octanol–water partition coefficient (Wildman–Crippen LogP) is 3.64. The lowest BCUT2D eigenvalue weighted by atomic mass is 10.1. The van der Waals surface area contributed by atoms with Crippen LogP contribution in [0.3, 0.4) is 0 Å². The third-order valence-corrected chi connectivity index (χ3v) is 4.51. The standard InChI is InChI=1S/C22H27N5O2/c1-3-23-21(24-13-12-17-15-25-20-7-5-4-6-19(17)20)26-14-16-8-10-18(11-9-16)27-22(28)29-2/h4-11,15,25H,3,12-14H2,1-2H3,(H,27,28)(H2,23,24,26). The van der Waals surface area contributed by atoms with E-state index in [0.29, 0.717) is 12.2 Å². The number of fused-ring (bicyclic) bond motifs is 1. The lowest BCUT2D eigenvalue weighted by Crippen LogP contribution is -2.38. The van der Waals surface area contributed by atoms with Crippen molar-refractivity contribution in [3.8, 4) is 0 Å². The number of aromatic nitrogens is 1. The molecule has 1 aromatic heterocycles. The van der Waals surface area contributed by atoms with Crippen LogP contribution in [0.15, 0.2) is 59.7 Å². The van der Waals surface area contributed by atoms with Crippen molar-refractivity contribution in [3.63, 3.8) is 0 Å². The molecule has 152 valence electrons. The van der Waals surface area contributed by atoms with Crippen molar-refractivity contribution in [1.29, 1.82) is 0 Å². The number of nitrogens with one attached hydrogen (secondary N) is 4. The number of nitrogens with zero attached hydrogens (tertiary/aromatic N) is 1. The number of benzene rings is 2. The fourth-order valence-electron chi connectivity index (χ4n) is 3.03. The summed E-state index contributed by atoms with van der Waals surface area (Å²) in [7, 11) is 1.34. The van der Waals surface area contributed by atoms with E-state index in [2.05, 4.69) is 55.1 Å². The van der Waals surface area contributed by atoms with Crippen LogP contribution < -0.4 is 16.0 Å². The Morgan fingerprint density at radius 2 is 1.90 bits per heavy atom. The second kappa shape index (κ2) is 10.2. The first-order valence-electron chi connectivity index (χ1n) is 9.70. The minimum Gasteiger partial charge on any atom is -0.453 e. The molecule has 0 radical (unpaired) electrons. The van der Waals surface area contributed by atoms with E-state index in [4.69, 9.17) is 0 Å². The van der Waals surface area contributed by atoms with E-state index in [0.717, 1.165) is 36.6 Å². The Labute approximate surface area is 170 Å². The summed E-state index contributed by atoms with van der Waals surface area (Å²) in [4.78, 5) is 19.2. The highest BCUT2D eigenvalue weighted by Crippen LogP contribution is 2.17. The molecule has 2 aromatic carbocycles. The van der Waals surface area contributed by atoms with Crippen molar-refractivity contribution in [2.75, 3.05) is 25.5 Å². The van der Waals surface area contributed by atoms with E-state index in [1.54, 1.807) is 0 Å². The number of rotatable bonds is 7. The highest BCUT2D eigenvalue weighted by molar-refractivity contribution is 5.84. The van der Waals surface area contributed by atoms with Gasteiger partial charge in [-0.1, -0.05) is 30.3 Å². The fourth-order valence-corrected chi connectivity index (χ4v) is 3.03. The highest BCUT2D eigenvalue weighted by atomic mass is 16.5. The van der Waals surface area contributed by atoms with Crippen LogP contribution in [0.25, 0.3) is 10.9 Å². The molecule has 0 saturated heterocycles. The Hall–Kier alpha value is -3.48. The number of para-hydroxylation sites is 1. The van der Waals surface area contributed by atoms with E-state index in [1.807, 2.05) is 37.3 Å². The van der Waals surface area contributed by atoms with Gasteiger partial charge in [-0.05, 0) is 42.7 Å². The van der Waals surface area contributed by atoms with Gasteiger partial charge < -0.3 is 20.4 Å². The quantitative estimate of drug-likeness (QED) is 0.364. The Balaban J connectivity index is 1.54. The number of amides is 1. The second-order valence-electron chi connectivity index (χ2n) is 6.54. The summed E-state index contributed by atoms with van der Waals surface area (Å²) in [5.41, 5.74) is 4.19. The van der Waals surface area contributed by atoms with Crippen molar-refractivity contribution in [2.24, 2.45) is 4.99 Å². The van der Waals surface area contributed by atoms with E-state index in [-0.39, 0.29) is 0 Å². The zero-order valence-electron chi connectivity index (χ0n) is 16.8. The summed E-state index contributed by atoms with van der Waals surface area (Å²) in [6, 6.07) is 15.9. The van der Waals surface area contributed by atoms with E-state index in [1.165, 1.54) is 18.1 Å². The average molecular weight is 393 g/mol. The molecule has 0 saturated carbocycles. The van der Waals surface area contributed by atoms with Crippen molar-refractivity contribution in [2.45, 2.75) is 19.9 Å². The van der Waals surface area contributed by atoms with E-state index >= 15 is 0 Å². The summed E-state index contributed by atoms with van der Waals surface area (Å²) >= 11 is 0. The normalized spacial score (nSPS) is 11.3. The molecule has 0 unspecified atom stereocenters. The summed E-state index contributed by atoms with van der Waals surface area (Å²) in [6.07, 6.45) is 2.49. The lowest BCUT2D eigenvalue weighted by molar-refractivity contribution is 0.187. The van der Waals surface area contributed by atoms with Gasteiger partial charge in [0.1, 0.15) is 0 Å². The number of aliphatic imine (C=N–C) groups is 1. The molecule has 3 rings (SSSR count). The van der Waals surface area contributed by atoms with Gasteiger partial charge in [-0.3, -0.25) is 5.32 Å². The molecule has 7 nitrogen and oxygen atoms in total. The third-order valence-electron chi connectivity index (χ3n) is 4.51. The van der Waals surface area contributed by atoms with Crippen LogP contribution in [0.4, 0.5) is 10.5 Å². The molecule has 0 atom stereocenters. The topological polar surface area (TPSA) is 90.5 Å². The summed E-state index contributed by atoms with van der Waals surface area (Å²) < 4.78 is 4.59. The number of H-pyrrole nitrogens is 1. The molecule has 29 heavy (non-hydrogen) atoms. The van der Waals surface area contributed by atoms with Crippen molar-refractivity contribution in [1.82, 2.24) is 15.6 Å². The van der Waals surface area contributed by atoms with Crippen LogP contribution in [0.2, 0.25) is 0 Å². The first-order chi connectivity index (χ1) is 14.2. The number of hydrogen-bond donors (Lipinski definition) is 4. The van der Waals surface area contributed by atoms with Gasteiger partial charge in [0.2, 0.25) is 0 Å². The van der Waals surface area contributed by atoms with Gasteiger partial charge >= 0.3 is 6.09 Å². The molecule has 0 aliphatic heterocycles. The molecule has 0 fully saturated rings. The van der Waals surface area contributed by atoms with Crippen LogP contribution in [0, 0.1) is 0 Å². The summed E-state index contributed by atoms with van der Waals surface area (Å²) in [5.74, 6) is 0.782. The number of guanidine groups is 1. The molecule has 3 aromatic rings. The molecule has 1 amide bonds. The zero-order valence-corrected chi connectivity index (χ0v) is 16.8. The largest absolute Gasteiger partial charge is 0.453 e. The van der Waals surface area contributed by atoms with Gasteiger partial charge in [0, 0.05) is 35.9 Å². The van der Waals surface area contributed by atoms with Gasteiger partial charge in [-0.2, -0.15) is 0 Å². The minimum atomic E-state index is -0.482. The Morgan fingerprint density at radius 1 is 1.10 bits per heavy atom. The monoisotopic (exact) mass is 393 g/mol. The average Bonchev–Trinajstić information content (AvgIpc) is 3.16. The van der Waals surface area contributed by atoms with Crippen molar-refractivity contribution >= 4 is 28.6 Å². The minimum absolute atomic E-state index is 0.482. The molecule has 4 N–H and O–H groups in total. The number of ether oxygens (including phenoxy) is 1. The molecule has 1 heterocycles. The van der Waals surface area contributed by atoms with Gasteiger partial charge in [0.15, 0.2) is 5.96 Å². The van der Waals surface area contributed by atoms with Gasteiger partial charge in [-0.15, -0.1) is 0 Å². The number of aromatic amines is 1. The Bertz CT molecular complexity index is 963. The maximum Gasteiger partial charge on any atom is 0.411 e. The van der Waals surface area contributed by atoms with E-state index < -0.39 is 6.09 Å². The number of methoxy groups -OCH3 is 1. The van der Waals surface area contributed by atoms with Crippen LogP contribution in [-0.4, -0.2) is 37.2 Å². The molecule has 0 spiro atoms. The Kier molecular flexibility index (Phi) is 7.10. The zero-order chi connectivity index (χ0) is 20.5. The van der Waals surface area contributed by atoms with Crippen LogP contribution in [0.5, 0.6) is 0 Å². The molecule has 7 heteroatoms. The molecule has 0 aliphatic rings. The first-order valence-corrected chi connectivity index (χ1v) is 9.70. The maximum absolute atomic E-state index is 11.2. The van der Waals surface area contributed by atoms with Crippen molar-refractivity contribution in [3.05, 3.63) is 65.9 Å². The number of hydrogen-bond acceptors (Lipinski definition) is 3. The maximum atomic E-state index is 11.2. The van der Waals surface area contributed by atoms with Crippen LogP contribution in [-0.2, 0) is 17.7 Å². The van der Waals surface area contributed by atoms with Crippen LogP contribution in [0.1, 0.15) is 18.1 Å². The number of carbonyl (C=O) groups excluding carboxylic acids is 1. The van der Waals surface area contributed by atoms with Gasteiger partial charge in [-0.25, -0.2) is 9.79 Å². The van der Waals surface area contributed by atoms with Gasteiger partial charge in [0.25, 0.3) is 0 Å². The Morgan fingerprint density at radius 3 is 2.66 bits per heavy atom. The van der Waals surface area contributed by atoms with Crippen molar-refractivity contribution < 1.29 is 9.53 Å². The number of carbonyl (C=O) groups is 1. The highest BCUT2D eigenvalue weighted by Gasteiger charge is 2.04. The lowest BCUT2D eigenvalue weighted by Gasteiger charge is -2.11. The van der Waals surface area contributed by atoms with E-state index in [9.17, 15) is 4.79 Å². The summed E-state index contributed by atoms with van der Waals surface area (Å²) in [5, 5.41) is 10.6. The smallest absolute Gasteiger partial charge is 0.411 e. The van der Waals surface area contributed by atoms with Crippen LogP contribution >= 0.6 is 0 Å². The molecule has 0 aliphatic carbocycles. The molecule has 0 bridgehead atoms. The molecular formula is C22H27N5O2. The summed E-state index contributed by atoms with van der Waals surface area (Å²) in [6.45, 7) is 4.17. The van der Waals surface area contributed by atoms with Gasteiger partial charge in [0.05, 0.1) is 13.7 Å². The fraction of sp³-hybridized carbons (Fsp3) is 0.273.